The van der Waals surface area contributed by atoms with E-state index in [0.29, 0.717) is 5.82 Å². The van der Waals surface area contributed by atoms with Gasteiger partial charge < -0.3 is 0 Å². The van der Waals surface area contributed by atoms with Crippen LogP contribution in [0.25, 0.3) is 33.4 Å². The van der Waals surface area contributed by atoms with Crippen LogP contribution in [0.4, 0.5) is 0 Å². The summed E-state index contributed by atoms with van der Waals surface area (Å²) in [5, 5.41) is 2.34. The maximum Gasteiger partial charge on any atom is 0.220 e. The molecule has 2 heterocycles. The SMILES string of the molecule is Cc1cc(C)c(C)c(-c2c3ccccc3c(-c3ncncn3)c[n+]2C)c1. The summed E-state index contributed by atoms with van der Waals surface area (Å²) in [4.78, 5) is 12.6. The average molecular weight is 341 g/mol. The van der Waals surface area contributed by atoms with Gasteiger partial charge in [-0.2, -0.15) is 4.57 Å². The fraction of sp³-hybridized carbons (Fsp3) is 0.182. The number of pyridine rings is 1. The molecule has 2 aromatic heterocycles. The van der Waals surface area contributed by atoms with Crippen LogP contribution in [0.1, 0.15) is 16.7 Å². The minimum absolute atomic E-state index is 0.690. The zero-order valence-corrected chi connectivity index (χ0v) is 15.5. The third-order valence-electron chi connectivity index (χ3n) is 4.95. The first-order chi connectivity index (χ1) is 12.6. The van der Waals surface area contributed by atoms with Crippen molar-refractivity contribution in [2.24, 2.45) is 7.05 Å². The zero-order chi connectivity index (χ0) is 18.3. The van der Waals surface area contributed by atoms with E-state index < -0.39 is 0 Å². The van der Waals surface area contributed by atoms with E-state index in [1.165, 1.54) is 33.3 Å². The molecule has 0 N–H and O–H groups in total. The predicted molar refractivity (Wildman–Crippen MR) is 104 cm³/mol. The van der Waals surface area contributed by atoms with Gasteiger partial charge in [-0.3, -0.25) is 0 Å². The lowest BCUT2D eigenvalue weighted by atomic mass is 9.93. The second-order valence-electron chi connectivity index (χ2n) is 6.76. The van der Waals surface area contributed by atoms with E-state index in [1.807, 2.05) is 0 Å². The van der Waals surface area contributed by atoms with Crippen LogP contribution in [0.3, 0.4) is 0 Å². The number of rotatable bonds is 2. The summed E-state index contributed by atoms with van der Waals surface area (Å²) in [7, 11) is 2.09. The van der Waals surface area contributed by atoms with Gasteiger partial charge in [-0.25, -0.2) is 15.0 Å². The fourth-order valence-corrected chi connectivity index (χ4v) is 3.62. The van der Waals surface area contributed by atoms with E-state index in [-0.39, 0.29) is 0 Å². The van der Waals surface area contributed by atoms with E-state index >= 15 is 0 Å². The van der Waals surface area contributed by atoms with E-state index in [4.69, 9.17) is 0 Å². The molecule has 0 atom stereocenters. The highest BCUT2D eigenvalue weighted by Crippen LogP contribution is 2.33. The smallest absolute Gasteiger partial charge is 0.220 e. The van der Waals surface area contributed by atoms with Crippen LogP contribution in [0.5, 0.6) is 0 Å². The van der Waals surface area contributed by atoms with Gasteiger partial charge in [0.15, 0.2) is 12.0 Å². The quantitative estimate of drug-likeness (QED) is 0.515. The van der Waals surface area contributed by atoms with Gasteiger partial charge in [0.1, 0.15) is 19.7 Å². The highest BCUT2D eigenvalue weighted by Gasteiger charge is 2.22. The number of hydrogen-bond acceptors (Lipinski definition) is 3. The molecule has 0 unspecified atom stereocenters. The van der Waals surface area contributed by atoms with Gasteiger partial charge in [0.05, 0.1) is 16.5 Å². The molecule has 0 radical (unpaired) electrons. The molecule has 0 saturated carbocycles. The summed E-state index contributed by atoms with van der Waals surface area (Å²) in [6, 6.07) is 13.0. The van der Waals surface area contributed by atoms with Crippen LogP contribution in [0, 0.1) is 20.8 Å². The highest BCUT2D eigenvalue weighted by molar-refractivity contribution is 6.01. The normalized spacial score (nSPS) is 11.1. The largest absolute Gasteiger partial charge is 0.225 e. The third-order valence-corrected chi connectivity index (χ3v) is 4.95. The first-order valence-electron chi connectivity index (χ1n) is 8.68. The molecule has 4 rings (SSSR count). The summed E-state index contributed by atoms with van der Waals surface area (Å²) in [5.74, 6) is 0.690. The number of fused-ring (bicyclic) bond motifs is 1. The number of aromatic nitrogens is 4. The topological polar surface area (TPSA) is 42.6 Å². The Kier molecular flexibility index (Phi) is 3.96. The molecule has 0 aliphatic carbocycles. The van der Waals surface area contributed by atoms with Crippen molar-refractivity contribution in [2.75, 3.05) is 0 Å². The van der Waals surface area contributed by atoms with Crippen molar-refractivity contribution in [1.82, 2.24) is 15.0 Å². The second-order valence-corrected chi connectivity index (χ2v) is 6.76. The van der Waals surface area contributed by atoms with Crippen molar-refractivity contribution in [1.29, 1.82) is 0 Å². The van der Waals surface area contributed by atoms with Crippen molar-refractivity contribution in [3.8, 4) is 22.6 Å². The fourth-order valence-electron chi connectivity index (χ4n) is 3.62. The summed E-state index contributed by atoms with van der Waals surface area (Å²) in [5.41, 5.74) is 7.38. The van der Waals surface area contributed by atoms with E-state index in [0.717, 1.165) is 10.9 Å². The molecule has 0 aliphatic heterocycles. The first-order valence-corrected chi connectivity index (χ1v) is 8.68. The lowest BCUT2D eigenvalue weighted by molar-refractivity contribution is -0.658. The summed E-state index contributed by atoms with van der Waals surface area (Å²) < 4.78 is 2.18. The molecule has 128 valence electrons. The number of nitrogens with zero attached hydrogens (tertiary/aromatic N) is 4. The molecule has 4 aromatic rings. The molecule has 0 aliphatic rings. The Morgan fingerprint density at radius 3 is 2.27 bits per heavy atom. The van der Waals surface area contributed by atoms with Gasteiger partial charge in [0.25, 0.3) is 0 Å². The Morgan fingerprint density at radius 1 is 0.846 bits per heavy atom. The third kappa shape index (κ3) is 2.64. The zero-order valence-electron chi connectivity index (χ0n) is 15.5. The van der Waals surface area contributed by atoms with Crippen molar-refractivity contribution in [2.45, 2.75) is 20.8 Å². The van der Waals surface area contributed by atoms with E-state index in [9.17, 15) is 0 Å². The summed E-state index contributed by atoms with van der Waals surface area (Å²) >= 11 is 0. The second kappa shape index (κ2) is 6.30. The molecule has 0 fully saturated rings. The van der Waals surface area contributed by atoms with Crippen LogP contribution in [0.2, 0.25) is 0 Å². The average Bonchev–Trinajstić information content (AvgIpc) is 2.65. The van der Waals surface area contributed by atoms with Crippen LogP contribution >= 0.6 is 0 Å². The molecule has 0 amide bonds. The van der Waals surface area contributed by atoms with Gasteiger partial charge in [-0.05, 0) is 44.0 Å². The van der Waals surface area contributed by atoms with Gasteiger partial charge >= 0.3 is 0 Å². The molecule has 4 heteroatoms. The Balaban J connectivity index is 2.10. The van der Waals surface area contributed by atoms with Crippen LogP contribution in [-0.4, -0.2) is 15.0 Å². The van der Waals surface area contributed by atoms with Crippen molar-refractivity contribution >= 4 is 10.8 Å². The van der Waals surface area contributed by atoms with Gasteiger partial charge in [0.2, 0.25) is 5.69 Å². The van der Waals surface area contributed by atoms with Gasteiger partial charge in [-0.1, -0.05) is 29.8 Å². The molecule has 4 nitrogen and oxygen atoms in total. The molecular weight excluding hydrogens is 320 g/mol. The maximum absolute atomic E-state index is 4.35. The highest BCUT2D eigenvalue weighted by atomic mass is 15.0. The maximum atomic E-state index is 4.35. The Morgan fingerprint density at radius 2 is 1.54 bits per heavy atom. The summed E-state index contributed by atoms with van der Waals surface area (Å²) in [6.07, 6.45) is 5.20. The number of hydrogen-bond donors (Lipinski definition) is 0. The Bertz CT molecular complexity index is 1120. The molecule has 2 aromatic carbocycles. The monoisotopic (exact) mass is 341 g/mol. The Labute approximate surface area is 153 Å². The van der Waals surface area contributed by atoms with E-state index in [1.54, 1.807) is 12.7 Å². The lowest BCUT2D eigenvalue weighted by Gasteiger charge is -2.13. The predicted octanol–water partition coefficient (Wildman–Crippen LogP) is 4.11. The Hall–Kier alpha value is -3.14. The molecule has 0 bridgehead atoms. The van der Waals surface area contributed by atoms with Crippen LogP contribution < -0.4 is 4.57 Å². The molecule has 26 heavy (non-hydrogen) atoms. The first kappa shape index (κ1) is 16.3. The molecular formula is C22H21N4+. The van der Waals surface area contributed by atoms with Crippen LogP contribution in [-0.2, 0) is 7.05 Å². The van der Waals surface area contributed by atoms with Crippen molar-refractivity contribution in [3.05, 3.63) is 71.9 Å². The minimum Gasteiger partial charge on any atom is -0.225 e. The minimum atomic E-state index is 0.690. The molecule has 0 saturated heterocycles. The van der Waals surface area contributed by atoms with E-state index in [2.05, 4.69) is 89.9 Å². The number of benzene rings is 2. The lowest BCUT2D eigenvalue weighted by Crippen LogP contribution is -2.31. The summed E-state index contributed by atoms with van der Waals surface area (Å²) in [6.45, 7) is 6.52. The van der Waals surface area contributed by atoms with Crippen molar-refractivity contribution in [3.63, 3.8) is 0 Å². The van der Waals surface area contributed by atoms with Gasteiger partial charge in [-0.15, -0.1) is 0 Å². The number of aryl methyl sites for hydroxylation is 3. The van der Waals surface area contributed by atoms with Crippen LogP contribution in [0.15, 0.2) is 55.2 Å². The standard InChI is InChI=1S/C22H21N4/c1-14-9-15(2)16(3)19(10-14)21-18-8-6-5-7-17(18)20(11-26(21)4)22-24-12-23-13-25-22/h5-13H,1-4H3/q+1. The molecule has 0 spiro atoms. The van der Waals surface area contributed by atoms with Gasteiger partial charge in [0, 0.05) is 5.39 Å². The van der Waals surface area contributed by atoms with Crippen molar-refractivity contribution < 1.29 is 4.57 Å².